The van der Waals surface area contributed by atoms with Crippen LogP contribution in [0.2, 0.25) is 0 Å². The predicted molar refractivity (Wildman–Crippen MR) is 78.6 cm³/mol. The van der Waals surface area contributed by atoms with Crippen LogP contribution in [0.15, 0.2) is 18.2 Å². The van der Waals surface area contributed by atoms with E-state index in [-0.39, 0.29) is 12.5 Å². The number of aliphatic hydroxyl groups is 1. The summed E-state index contributed by atoms with van der Waals surface area (Å²) in [4.78, 5) is 12.1. The Morgan fingerprint density at radius 3 is 2.95 bits per heavy atom. The van der Waals surface area contributed by atoms with Crippen LogP contribution < -0.4 is 5.32 Å². The molecule has 0 radical (unpaired) electrons. The first-order valence-corrected chi connectivity index (χ1v) is 6.66. The summed E-state index contributed by atoms with van der Waals surface area (Å²) in [5, 5.41) is 11.6. The lowest BCUT2D eigenvalue weighted by Gasteiger charge is -2.07. The number of carbonyl (C=O) groups excluding carboxylic acids is 1. The van der Waals surface area contributed by atoms with Crippen molar-refractivity contribution in [3.8, 4) is 11.8 Å². The molecule has 0 aliphatic heterocycles. The van der Waals surface area contributed by atoms with Gasteiger partial charge in [-0.05, 0) is 31.0 Å². The van der Waals surface area contributed by atoms with Crippen molar-refractivity contribution in [2.75, 3.05) is 26.9 Å². The van der Waals surface area contributed by atoms with Crippen LogP contribution >= 0.6 is 0 Å². The minimum Gasteiger partial charge on any atom is -0.395 e. The largest absolute Gasteiger partial charge is 0.395 e. The summed E-state index contributed by atoms with van der Waals surface area (Å²) in [6.45, 7) is 3.18. The Bertz CT molecular complexity index is 500. The molecule has 1 aromatic carbocycles. The third-order valence-electron chi connectivity index (χ3n) is 2.69. The molecule has 0 heterocycles. The number of rotatable bonds is 6. The fourth-order valence-electron chi connectivity index (χ4n) is 1.69. The molecule has 2 N–H and O–H groups in total. The van der Waals surface area contributed by atoms with Gasteiger partial charge in [0.2, 0.25) is 0 Å². The summed E-state index contributed by atoms with van der Waals surface area (Å²) in [5.74, 6) is 5.66. The Labute approximate surface area is 120 Å². The van der Waals surface area contributed by atoms with Gasteiger partial charge < -0.3 is 15.2 Å². The Hall–Kier alpha value is -1.83. The van der Waals surface area contributed by atoms with Crippen LogP contribution in [0.4, 0.5) is 0 Å². The number of hydrogen-bond acceptors (Lipinski definition) is 3. The van der Waals surface area contributed by atoms with Crippen LogP contribution in [0, 0.1) is 18.8 Å². The zero-order valence-electron chi connectivity index (χ0n) is 12.0. The normalized spacial score (nSPS) is 9.75. The van der Waals surface area contributed by atoms with E-state index in [1.807, 2.05) is 19.1 Å². The highest BCUT2D eigenvalue weighted by atomic mass is 16.5. The highest BCUT2D eigenvalue weighted by Crippen LogP contribution is 2.11. The summed E-state index contributed by atoms with van der Waals surface area (Å²) in [6.07, 6.45) is 1.18. The highest BCUT2D eigenvalue weighted by Gasteiger charge is 2.09. The molecule has 0 saturated heterocycles. The molecule has 4 nitrogen and oxygen atoms in total. The van der Waals surface area contributed by atoms with Crippen LogP contribution in [-0.4, -0.2) is 37.9 Å². The third kappa shape index (κ3) is 5.43. The quantitative estimate of drug-likeness (QED) is 0.611. The van der Waals surface area contributed by atoms with Crippen molar-refractivity contribution in [1.82, 2.24) is 5.32 Å². The van der Waals surface area contributed by atoms with Crippen molar-refractivity contribution in [3.63, 3.8) is 0 Å². The second-order valence-electron chi connectivity index (χ2n) is 4.43. The second-order valence-corrected chi connectivity index (χ2v) is 4.43. The Morgan fingerprint density at radius 2 is 2.25 bits per heavy atom. The van der Waals surface area contributed by atoms with E-state index in [4.69, 9.17) is 9.84 Å². The number of amides is 1. The fraction of sp³-hybridized carbons (Fsp3) is 0.438. The molecule has 0 bridgehead atoms. The maximum absolute atomic E-state index is 12.1. The van der Waals surface area contributed by atoms with Crippen molar-refractivity contribution >= 4 is 5.91 Å². The van der Waals surface area contributed by atoms with Gasteiger partial charge in [0, 0.05) is 32.2 Å². The summed E-state index contributed by atoms with van der Waals surface area (Å²) >= 11 is 0. The maximum Gasteiger partial charge on any atom is 0.252 e. The standard InChI is InChI=1S/C16H21NO3/c1-13-7-8-15(14(12-13)6-3-4-10-18)16(19)17-9-5-11-20-2/h7-8,12,18H,4-5,9-11H2,1-2H3,(H,17,19). The van der Waals surface area contributed by atoms with E-state index in [0.717, 1.165) is 12.0 Å². The van der Waals surface area contributed by atoms with Gasteiger partial charge in [-0.3, -0.25) is 4.79 Å². The molecule has 0 aromatic heterocycles. The second kappa shape index (κ2) is 9.13. The summed E-state index contributed by atoms with van der Waals surface area (Å²) < 4.78 is 4.94. The molecule has 0 unspecified atom stereocenters. The lowest BCUT2D eigenvalue weighted by Crippen LogP contribution is -2.26. The molecular formula is C16H21NO3. The molecule has 0 aliphatic rings. The van der Waals surface area contributed by atoms with E-state index in [1.54, 1.807) is 13.2 Å². The van der Waals surface area contributed by atoms with E-state index in [9.17, 15) is 4.79 Å². The van der Waals surface area contributed by atoms with Gasteiger partial charge in [-0.1, -0.05) is 17.9 Å². The van der Waals surface area contributed by atoms with Gasteiger partial charge in [0.15, 0.2) is 0 Å². The molecule has 4 heteroatoms. The number of methoxy groups -OCH3 is 1. The van der Waals surface area contributed by atoms with Crippen LogP contribution in [0.25, 0.3) is 0 Å². The number of ether oxygens (including phenoxy) is 1. The van der Waals surface area contributed by atoms with Crippen molar-refractivity contribution in [2.24, 2.45) is 0 Å². The smallest absolute Gasteiger partial charge is 0.252 e. The Morgan fingerprint density at radius 1 is 1.45 bits per heavy atom. The Kier molecular flexibility index (Phi) is 7.41. The Balaban J connectivity index is 2.77. The number of benzene rings is 1. The summed E-state index contributed by atoms with van der Waals surface area (Å²) in [6, 6.07) is 5.56. The minimum absolute atomic E-state index is 0.0252. The monoisotopic (exact) mass is 275 g/mol. The van der Waals surface area contributed by atoms with Crippen molar-refractivity contribution < 1.29 is 14.6 Å². The molecule has 0 spiro atoms. The van der Waals surface area contributed by atoms with E-state index in [2.05, 4.69) is 17.2 Å². The molecule has 1 amide bonds. The van der Waals surface area contributed by atoms with Crippen LogP contribution in [0.3, 0.4) is 0 Å². The van der Waals surface area contributed by atoms with Gasteiger partial charge in [-0.25, -0.2) is 0 Å². The molecule has 108 valence electrons. The molecular weight excluding hydrogens is 254 g/mol. The van der Waals surface area contributed by atoms with Crippen LogP contribution in [0.5, 0.6) is 0 Å². The predicted octanol–water partition coefficient (Wildman–Crippen LogP) is 1.50. The maximum atomic E-state index is 12.1. The molecule has 0 fully saturated rings. The molecule has 0 atom stereocenters. The van der Waals surface area contributed by atoms with Crippen LogP contribution in [0.1, 0.15) is 34.3 Å². The minimum atomic E-state index is -0.130. The van der Waals surface area contributed by atoms with Gasteiger partial charge in [-0.15, -0.1) is 0 Å². The first-order chi connectivity index (χ1) is 9.69. The summed E-state index contributed by atoms with van der Waals surface area (Å²) in [5.41, 5.74) is 2.32. The molecule has 0 aliphatic carbocycles. The lowest BCUT2D eigenvalue weighted by atomic mass is 10.0. The van der Waals surface area contributed by atoms with E-state index >= 15 is 0 Å². The van der Waals surface area contributed by atoms with Gasteiger partial charge in [0.05, 0.1) is 12.2 Å². The van der Waals surface area contributed by atoms with Crippen molar-refractivity contribution in [2.45, 2.75) is 19.8 Å². The van der Waals surface area contributed by atoms with Gasteiger partial charge in [0.25, 0.3) is 5.91 Å². The van der Waals surface area contributed by atoms with Gasteiger partial charge >= 0.3 is 0 Å². The molecule has 1 rings (SSSR count). The van der Waals surface area contributed by atoms with Crippen LogP contribution in [-0.2, 0) is 4.74 Å². The molecule has 0 saturated carbocycles. The number of nitrogens with one attached hydrogen (secondary N) is 1. The SMILES string of the molecule is COCCCNC(=O)c1ccc(C)cc1C#CCCO. The molecule has 1 aromatic rings. The fourth-order valence-corrected chi connectivity index (χ4v) is 1.69. The third-order valence-corrected chi connectivity index (χ3v) is 2.69. The van der Waals surface area contributed by atoms with Gasteiger partial charge in [0.1, 0.15) is 0 Å². The topological polar surface area (TPSA) is 58.6 Å². The number of carbonyl (C=O) groups is 1. The number of aryl methyl sites for hydroxylation is 1. The summed E-state index contributed by atoms with van der Waals surface area (Å²) in [7, 11) is 1.64. The molecule has 20 heavy (non-hydrogen) atoms. The van der Waals surface area contributed by atoms with E-state index in [1.165, 1.54) is 0 Å². The van der Waals surface area contributed by atoms with E-state index < -0.39 is 0 Å². The zero-order chi connectivity index (χ0) is 14.8. The van der Waals surface area contributed by atoms with Gasteiger partial charge in [-0.2, -0.15) is 0 Å². The number of hydrogen-bond donors (Lipinski definition) is 2. The lowest BCUT2D eigenvalue weighted by molar-refractivity contribution is 0.0948. The van der Waals surface area contributed by atoms with Crippen molar-refractivity contribution in [1.29, 1.82) is 0 Å². The van der Waals surface area contributed by atoms with E-state index in [0.29, 0.717) is 30.7 Å². The first-order valence-electron chi connectivity index (χ1n) is 6.66. The number of aliphatic hydroxyl groups excluding tert-OH is 1. The average Bonchev–Trinajstić information content (AvgIpc) is 2.44. The highest BCUT2D eigenvalue weighted by molar-refractivity contribution is 5.96. The first kappa shape index (κ1) is 16.2. The average molecular weight is 275 g/mol. The van der Waals surface area contributed by atoms with Crippen molar-refractivity contribution in [3.05, 3.63) is 34.9 Å². The zero-order valence-corrected chi connectivity index (χ0v) is 12.0.